The van der Waals surface area contributed by atoms with Crippen molar-refractivity contribution in [1.82, 2.24) is 9.80 Å². The minimum absolute atomic E-state index is 0.0370. The number of fused-ring (bicyclic) bond motifs is 1. The van der Waals surface area contributed by atoms with Gasteiger partial charge in [-0.05, 0) is 75.4 Å². The molecule has 2 saturated heterocycles. The Morgan fingerprint density at radius 3 is 2.53 bits per heavy atom. The number of carbonyl (C=O) groups excluding carboxylic acids is 2. The molecule has 2 N–H and O–H groups in total. The molecule has 2 amide bonds. The van der Waals surface area contributed by atoms with Crippen molar-refractivity contribution >= 4 is 40.1 Å². The monoisotopic (exact) mass is 487 g/mol. The van der Waals surface area contributed by atoms with Crippen molar-refractivity contribution in [3.8, 4) is 0 Å². The SMILES string of the molecule is Cc1cc2cc(NC(=NC3CCCCN(CC(=O)N4CCCC4)C3=O)Nc3ccccc3)ccc2o1. The molecule has 2 fully saturated rings. The lowest BCUT2D eigenvalue weighted by Crippen LogP contribution is -2.45. The number of likely N-dealkylation sites (tertiary alicyclic amines) is 2. The highest BCUT2D eigenvalue weighted by Crippen LogP contribution is 2.23. The van der Waals surface area contributed by atoms with Crippen LogP contribution >= 0.6 is 0 Å². The predicted octanol–water partition coefficient (Wildman–Crippen LogP) is 4.62. The Balaban J connectivity index is 1.38. The summed E-state index contributed by atoms with van der Waals surface area (Å²) >= 11 is 0. The summed E-state index contributed by atoms with van der Waals surface area (Å²) in [5.41, 5.74) is 2.53. The lowest BCUT2D eigenvalue weighted by molar-refractivity contribution is -0.140. The fourth-order valence-corrected chi connectivity index (χ4v) is 4.89. The van der Waals surface area contributed by atoms with Gasteiger partial charge >= 0.3 is 0 Å². The average molecular weight is 488 g/mol. The number of aliphatic imine (C=N–C) groups is 1. The van der Waals surface area contributed by atoms with Gasteiger partial charge in [-0.15, -0.1) is 0 Å². The number of amides is 2. The van der Waals surface area contributed by atoms with Gasteiger partial charge in [-0.3, -0.25) is 9.59 Å². The van der Waals surface area contributed by atoms with Crippen LogP contribution in [0, 0.1) is 6.92 Å². The van der Waals surface area contributed by atoms with Crippen LogP contribution < -0.4 is 10.6 Å². The van der Waals surface area contributed by atoms with Gasteiger partial charge < -0.3 is 24.9 Å². The van der Waals surface area contributed by atoms with Crippen molar-refractivity contribution in [3.05, 3.63) is 60.4 Å². The maximum Gasteiger partial charge on any atom is 0.247 e. The van der Waals surface area contributed by atoms with Crippen molar-refractivity contribution in [2.24, 2.45) is 4.99 Å². The number of benzene rings is 2. The highest BCUT2D eigenvalue weighted by Gasteiger charge is 2.30. The number of rotatable bonds is 5. The van der Waals surface area contributed by atoms with Gasteiger partial charge in [0.25, 0.3) is 0 Å². The van der Waals surface area contributed by atoms with Crippen LogP contribution in [0.25, 0.3) is 11.0 Å². The first-order valence-electron chi connectivity index (χ1n) is 12.8. The van der Waals surface area contributed by atoms with Crippen molar-refractivity contribution in [2.45, 2.75) is 45.1 Å². The molecule has 3 heterocycles. The molecule has 0 spiro atoms. The summed E-state index contributed by atoms with van der Waals surface area (Å²) in [5.74, 6) is 1.29. The molecule has 36 heavy (non-hydrogen) atoms. The minimum atomic E-state index is -0.558. The molecule has 3 aromatic rings. The predicted molar refractivity (Wildman–Crippen MR) is 142 cm³/mol. The molecular weight excluding hydrogens is 454 g/mol. The third kappa shape index (κ3) is 5.70. The first kappa shape index (κ1) is 23.9. The van der Waals surface area contributed by atoms with E-state index in [9.17, 15) is 9.59 Å². The zero-order valence-electron chi connectivity index (χ0n) is 20.7. The van der Waals surface area contributed by atoms with Gasteiger partial charge in [0.1, 0.15) is 17.4 Å². The number of para-hydroxylation sites is 1. The molecule has 0 radical (unpaired) electrons. The molecular formula is C28H33N5O3. The summed E-state index contributed by atoms with van der Waals surface area (Å²) in [6.07, 6.45) is 4.48. The van der Waals surface area contributed by atoms with E-state index in [1.807, 2.05) is 66.4 Å². The third-order valence-corrected chi connectivity index (χ3v) is 6.76. The van der Waals surface area contributed by atoms with E-state index in [1.54, 1.807) is 4.90 Å². The van der Waals surface area contributed by atoms with Crippen molar-refractivity contribution in [1.29, 1.82) is 0 Å². The normalized spacial score (nSPS) is 19.0. The number of guanidine groups is 1. The van der Waals surface area contributed by atoms with Crippen LogP contribution in [-0.2, 0) is 9.59 Å². The summed E-state index contributed by atoms with van der Waals surface area (Å²) in [5, 5.41) is 7.70. The number of aryl methyl sites for hydroxylation is 1. The number of anilines is 2. The molecule has 0 saturated carbocycles. The average Bonchev–Trinajstić information content (AvgIpc) is 3.50. The number of hydrogen-bond donors (Lipinski definition) is 2. The summed E-state index contributed by atoms with van der Waals surface area (Å²) in [6, 6.07) is 17.1. The van der Waals surface area contributed by atoms with Crippen molar-refractivity contribution in [2.75, 3.05) is 36.8 Å². The van der Waals surface area contributed by atoms with Gasteiger partial charge in [0.2, 0.25) is 17.8 Å². The van der Waals surface area contributed by atoms with Crippen LogP contribution in [0.4, 0.5) is 11.4 Å². The lowest BCUT2D eigenvalue weighted by atomic mass is 10.1. The molecule has 188 valence electrons. The van der Waals surface area contributed by atoms with Gasteiger partial charge in [-0.1, -0.05) is 18.2 Å². The highest BCUT2D eigenvalue weighted by atomic mass is 16.3. The van der Waals surface area contributed by atoms with Crippen LogP contribution in [0.1, 0.15) is 37.9 Å². The molecule has 1 aromatic heterocycles. The van der Waals surface area contributed by atoms with E-state index in [1.165, 1.54) is 0 Å². The second-order valence-corrected chi connectivity index (χ2v) is 9.56. The van der Waals surface area contributed by atoms with Gasteiger partial charge in [0, 0.05) is 36.4 Å². The van der Waals surface area contributed by atoms with E-state index >= 15 is 0 Å². The Morgan fingerprint density at radius 2 is 1.72 bits per heavy atom. The van der Waals surface area contributed by atoms with Gasteiger partial charge in [-0.25, -0.2) is 4.99 Å². The van der Waals surface area contributed by atoms with E-state index in [2.05, 4.69) is 10.6 Å². The smallest absolute Gasteiger partial charge is 0.247 e. The Morgan fingerprint density at radius 1 is 0.972 bits per heavy atom. The third-order valence-electron chi connectivity index (χ3n) is 6.76. The molecule has 2 aliphatic heterocycles. The number of nitrogens with zero attached hydrogens (tertiary/aromatic N) is 3. The highest BCUT2D eigenvalue weighted by molar-refractivity contribution is 6.05. The maximum absolute atomic E-state index is 13.5. The molecule has 2 aliphatic rings. The Kier molecular flexibility index (Phi) is 7.21. The van der Waals surface area contributed by atoms with Crippen LogP contribution in [0.2, 0.25) is 0 Å². The van der Waals surface area contributed by atoms with Gasteiger partial charge in [-0.2, -0.15) is 0 Å². The Hall–Kier alpha value is -3.81. The van der Waals surface area contributed by atoms with E-state index < -0.39 is 6.04 Å². The first-order valence-corrected chi connectivity index (χ1v) is 12.8. The van der Waals surface area contributed by atoms with Crippen molar-refractivity contribution in [3.63, 3.8) is 0 Å². The lowest BCUT2D eigenvalue weighted by Gasteiger charge is -2.25. The second kappa shape index (κ2) is 10.8. The van der Waals surface area contributed by atoms with E-state index in [0.717, 1.165) is 66.9 Å². The summed E-state index contributed by atoms with van der Waals surface area (Å²) in [6.45, 7) is 4.23. The quantitative estimate of drug-likeness (QED) is 0.405. The molecule has 1 atom stereocenters. The topological polar surface area (TPSA) is 90.2 Å². The Bertz CT molecular complexity index is 1250. The van der Waals surface area contributed by atoms with E-state index in [-0.39, 0.29) is 18.4 Å². The van der Waals surface area contributed by atoms with Crippen LogP contribution in [-0.4, -0.2) is 59.8 Å². The fraction of sp³-hybridized carbons (Fsp3) is 0.393. The van der Waals surface area contributed by atoms with Gasteiger partial charge in [0.05, 0.1) is 6.54 Å². The van der Waals surface area contributed by atoms with Crippen LogP contribution in [0.15, 0.2) is 64.0 Å². The fourth-order valence-electron chi connectivity index (χ4n) is 4.89. The van der Waals surface area contributed by atoms with Crippen molar-refractivity contribution < 1.29 is 14.0 Å². The molecule has 5 rings (SSSR count). The first-order chi connectivity index (χ1) is 17.5. The van der Waals surface area contributed by atoms with E-state index in [0.29, 0.717) is 18.9 Å². The molecule has 8 nitrogen and oxygen atoms in total. The number of carbonyl (C=O) groups is 2. The van der Waals surface area contributed by atoms with Gasteiger partial charge in [0.15, 0.2) is 0 Å². The maximum atomic E-state index is 13.5. The summed E-state index contributed by atoms with van der Waals surface area (Å²) in [7, 11) is 0. The largest absolute Gasteiger partial charge is 0.461 e. The molecule has 0 aliphatic carbocycles. The standard InChI is InChI=1S/C28H33N5O3/c1-20-17-21-18-23(12-13-25(21)36-20)30-28(29-22-9-3-2-4-10-22)31-24-11-5-6-16-33(27(24)35)19-26(34)32-14-7-8-15-32/h2-4,9-10,12-13,17-18,24H,5-8,11,14-16,19H2,1H3,(H2,29,30,31). The molecule has 8 heteroatoms. The van der Waals surface area contributed by atoms with E-state index in [4.69, 9.17) is 9.41 Å². The van der Waals surface area contributed by atoms with Crippen LogP contribution in [0.3, 0.4) is 0 Å². The number of nitrogens with one attached hydrogen (secondary N) is 2. The second-order valence-electron chi connectivity index (χ2n) is 9.56. The number of furan rings is 1. The Labute approximate surface area is 211 Å². The van der Waals surface area contributed by atoms with Crippen LogP contribution in [0.5, 0.6) is 0 Å². The molecule has 2 aromatic carbocycles. The summed E-state index contributed by atoms with van der Waals surface area (Å²) < 4.78 is 5.70. The molecule has 1 unspecified atom stereocenters. The minimum Gasteiger partial charge on any atom is -0.461 e. The molecule has 0 bridgehead atoms. The zero-order valence-corrected chi connectivity index (χ0v) is 20.7. The number of hydrogen-bond acceptors (Lipinski definition) is 4. The zero-order chi connectivity index (χ0) is 24.9. The summed E-state index contributed by atoms with van der Waals surface area (Å²) in [4.78, 5) is 34.7.